The van der Waals surface area contributed by atoms with Crippen molar-refractivity contribution in [2.45, 2.75) is 19.8 Å². The van der Waals surface area contributed by atoms with Crippen molar-refractivity contribution in [3.05, 3.63) is 29.3 Å². The summed E-state index contributed by atoms with van der Waals surface area (Å²) in [6.45, 7) is 2.14. The molecule has 0 saturated heterocycles. The zero-order chi connectivity index (χ0) is 11.5. The van der Waals surface area contributed by atoms with Crippen LogP contribution >= 0.6 is 0 Å². The summed E-state index contributed by atoms with van der Waals surface area (Å²) in [5.41, 5.74) is 2.33. The molecule has 0 bridgehead atoms. The van der Waals surface area contributed by atoms with Crippen molar-refractivity contribution in [2.75, 3.05) is 11.9 Å². The van der Waals surface area contributed by atoms with E-state index in [0.29, 0.717) is 25.0 Å². The van der Waals surface area contributed by atoms with Gasteiger partial charge in [-0.15, -0.1) is 0 Å². The van der Waals surface area contributed by atoms with Crippen molar-refractivity contribution in [3.8, 4) is 0 Å². The fourth-order valence-corrected chi connectivity index (χ4v) is 1.72. The Hall–Kier alpha value is -1.84. The van der Waals surface area contributed by atoms with Crippen LogP contribution in [-0.4, -0.2) is 18.5 Å². The summed E-state index contributed by atoms with van der Waals surface area (Å²) in [7, 11) is 0. The predicted octanol–water partition coefficient (Wildman–Crippen LogP) is 1.75. The number of anilines is 1. The minimum Gasteiger partial charge on any atom is -0.462 e. The van der Waals surface area contributed by atoms with Gasteiger partial charge in [0.1, 0.15) is 0 Å². The third-order valence-corrected chi connectivity index (χ3v) is 2.51. The number of aryl methyl sites for hydroxylation is 1. The molecule has 16 heavy (non-hydrogen) atoms. The van der Waals surface area contributed by atoms with Gasteiger partial charge in [-0.05, 0) is 37.1 Å². The fraction of sp³-hybridized carbons (Fsp3) is 0.333. The van der Waals surface area contributed by atoms with E-state index in [2.05, 4.69) is 5.32 Å². The quantitative estimate of drug-likeness (QED) is 0.771. The zero-order valence-corrected chi connectivity index (χ0v) is 9.08. The maximum absolute atomic E-state index is 11.5. The lowest BCUT2D eigenvalue weighted by Gasteiger charge is -2.17. The molecule has 4 nitrogen and oxygen atoms in total. The number of carbonyl (C=O) groups excluding carboxylic acids is 2. The fourth-order valence-electron chi connectivity index (χ4n) is 1.72. The van der Waals surface area contributed by atoms with Crippen LogP contribution in [0, 0.1) is 0 Å². The standard InChI is InChI=1S/C12H13NO3/c1-2-16-12(15)9-3-5-10-8(7-9)4-6-11(14)13-10/h3,5,7H,2,4,6H2,1H3,(H,13,14). The first-order chi connectivity index (χ1) is 7.70. The van der Waals surface area contributed by atoms with Crippen molar-refractivity contribution in [3.63, 3.8) is 0 Å². The molecule has 4 heteroatoms. The van der Waals surface area contributed by atoms with Crippen molar-refractivity contribution < 1.29 is 14.3 Å². The molecule has 0 atom stereocenters. The summed E-state index contributed by atoms with van der Waals surface area (Å²) in [6, 6.07) is 5.20. The molecule has 1 N–H and O–H groups in total. The Bertz CT molecular complexity index is 440. The van der Waals surface area contributed by atoms with Crippen LogP contribution < -0.4 is 5.32 Å². The first-order valence-corrected chi connectivity index (χ1v) is 5.30. The first-order valence-electron chi connectivity index (χ1n) is 5.30. The smallest absolute Gasteiger partial charge is 0.338 e. The average Bonchev–Trinajstić information content (AvgIpc) is 2.28. The Balaban J connectivity index is 2.26. The minimum absolute atomic E-state index is 0.0244. The second-order valence-corrected chi connectivity index (χ2v) is 3.64. The molecule has 0 saturated carbocycles. The molecule has 0 radical (unpaired) electrons. The van der Waals surface area contributed by atoms with Gasteiger partial charge in [0.15, 0.2) is 0 Å². The first kappa shape index (κ1) is 10.7. The zero-order valence-electron chi connectivity index (χ0n) is 9.08. The number of amides is 1. The highest BCUT2D eigenvalue weighted by molar-refractivity contribution is 5.96. The van der Waals surface area contributed by atoms with Crippen LogP contribution in [-0.2, 0) is 16.0 Å². The maximum Gasteiger partial charge on any atom is 0.338 e. The number of rotatable bonds is 2. The second kappa shape index (κ2) is 4.35. The van der Waals surface area contributed by atoms with Gasteiger partial charge >= 0.3 is 5.97 Å². The molecule has 2 rings (SSSR count). The molecule has 0 aromatic heterocycles. The molecular formula is C12H13NO3. The van der Waals surface area contributed by atoms with Crippen LogP contribution in [0.15, 0.2) is 18.2 Å². The van der Waals surface area contributed by atoms with Gasteiger partial charge in [0.2, 0.25) is 5.91 Å². The molecule has 0 fully saturated rings. The van der Waals surface area contributed by atoms with Crippen LogP contribution in [0.3, 0.4) is 0 Å². The Morgan fingerprint density at radius 3 is 3.00 bits per heavy atom. The van der Waals surface area contributed by atoms with Crippen LogP contribution in [0.2, 0.25) is 0 Å². The van der Waals surface area contributed by atoms with E-state index in [1.165, 1.54) is 0 Å². The third kappa shape index (κ3) is 2.05. The SMILES string of the molecule is CCOC(=O)c1ccc2c(c1)CCC(=O)N2. The highest BCUT2D eigenvalue weighted by atomic mass is 16.5. The number of ether oxygens (including phenoxy) is 1. The van der Waals surface area contributed by atoms with Gasteiger partial charge in [0.25, 0.3) is 0 Å². The van der Waals surface area contributed by atoms with E-state index < -0.39 is 0 Å². The monoisotopic (exact) mass is 219 g/mol. The van der Waals surface area contributed by atoms with Crippen molar-refractivity contribution in [1.82, 2.24) is 0 Å². The molecule has 1 aromatic rings. The maximum atomic E-state index is 11.5. The van der Waals surface area contributed by atoms with Crippen LogP contribution in [0.1, 0.15) is 29.3 Å². The molecule has 0 aliphatic carbocycles. The molecule has 84 valence electrons. The summed E-state index contributed by atoms with van der Waals surface area (Å²) in [5, 5.41) is 2.77. The van der Waals surface area contributed by atoms with Crippen molar-refractivity contribution >= 4 is 17.6 Å². The summed E-state index contributed by atoms with van der Waals surface area (Å²) >= 11 is 0. The van der Waals surface area contributed by atoms with Crippen molar-refractivity contribution in [1.29, 1.82) is 0 Å². The largest absolute Gasteiger partial charge is 0.462 e. The topological polar surface area (TPSA) is 55.4 Å². The number of hydrogen-bond donors (Lipinski definition) is 1. The molecule has 1 aliphatic rings. The molecule has 1 aliphatic heterocycles. The molecule has 1 heterocycles. The Morgan fingerprint density at radius 1 is 1.44 bits per heavy atom. The van der Waals surface area contributed by atoms with Crippen LogP contribution in [0.5, 0.6) is 0 Å². The molecule has 1 amide bonds. The van der Waals surface area contributed by atoms with E-state index >= 15 is 0 Å². The number of fused-ring (bicyclic) bond motifs is 1. The van der Waals surface area contributed by atoms with Gasteiger partial charge in [0, 0.05) is 12.1 Å². The number of esters is 1. The van der Waals surface area contributed by atoms with Gasteiger partial charge in [0.05, 0.1) is 12.2 Å². The van der Waals surface area contributed by atoms with Crippen LogP contribution in [0.25, 0.3) is 0 Å². The summed E-state index contributed by atoms with van der Waals surface area (Å²) in [4.78, 5) is 22.6. The van der Waals surface area contributed by atoms with E-state index in [-0.39, 0.29) is 11.9 Å². The van der Waals surface area contributed by atoms with E-state index in [0.717, 1.165) is 11.3 Å². The van der Waals surface area contributed by atoms with Crippen LogP contribution in [0.4, 0.5) is 5.69 Å². The Morgan fingerprint density at radius 2 is 2.25 bits per heavy atom. The van der Waals surface area contributed by atoms with Gasteiger partial charge in [-0.25, -0.2) is 4.79 Å². The predicted molar refractivity (Wildman–Crippen MR) is 59.3 cm³/mol. The van der Waals surface area contributed by atoms with Gasteiger partial charge in [-0.1, -0.05) is 0 Å². The van der Waals surface area contributed by atoms with Gasteiger partial charge in [-0.3, -0.25) is 4.79 Å². The third-order valence-electron chi connectivity index (χ3n) is 2.51. The second-order valence-electron chi connectivity index (χ2n) is 3.64. The minimum atomic E-state index is -0.317. The molecular weight excluding hydrogens is 206 g/mol. The van der Waals surface area contributed by atoms with E-state index in [1.807, 2.05) is 0 Å². The average molecular weight is 219 g/mol. The number of carbonyl (C=O) groups is 2. The lowest BCUT2D eigenvalue weighted by atomic mass is 10.0. The lowest BCUT2D eigenvalue weighted by Crippen LogP contribution is -2.19. The van der Waals surface area contributed by atoms with Crippen molar-refractivity contribution in [2.24, 2.45) is 0 Å². The highest BCUT2D eigenvalue weighted by Gasteiger charge is 2.16. The number of benzene rings is 1. The molecule has 0 spiro atoms. The number of hydrogen-bond acceptors (Lipinski definition) is 3. The Kier molecular flexibility index (Phi) is 2.90. The number of nitrogens with one attached hydrogen (secondary N) is 1. The summed E-state index contributed by atoms with van der Waals surface area (Å²) in [5.74, 6) is -0.293. The Labute approximate surface area is 93.6 Å². The normalized spacial score (nSPS) is 13.9. The van der Waals surface area contributed by atoms with E-state index in [1.54, 1.807) is 25.1 Å². The van der Waals surface area contributed by atoms with Gasteiger partial charge in [-0.2, -0.15) is 0 Å². The molecule has 0 unspecified atom stereocenters. The highest BCUT2D eigenvalue weighted by Crippen LogP contribution is 2.23. The lowest BCUT2D eigenvalue weighted by molar-refractivity contribution is -0.116. The molecule has 1 aromatic carbocycles. The van der Waals surface area contributed by atoms with E-state index in [4.69, 9.17) is 4.74 Å². The summed E-state index contributed by atoms with van der Waals surface area (Å²) in [6.07, 6.45) is 1.15. The van der Waals surface area contributed by atoms with Gasteiger partial charge < -0.3 is 10.1 Å². The van der Waals surface area contributed by atoms with E-state index in [9.17, 15) is 9.59 Å². The summed E-state index contributed by atoms with van der Waals surface area (Å²) < 4.78 is 4.91.